The summed E-state index contributed by atoms with van der Waals surface area (Å²) in [5.41, 5.74) is -1.38. The lowest BCUT2D eigenvalue weighted by molar-refractivity contribution is -0.137. The first-order chi connectivity index (χ1) is 11.2. The molecule has 2 N–H and O–H groups in total. The van der Waals surface area contributed by atoms with Crippen molar-refractivity contribution in [2.45, 2.75) is 31.5 Å². The van der Waals surface area contributed by atoms with Crippen molar-refractivity contribution in [3.05, 3.63) is 34.4 Å². The fourth-order valence-corrected chi connectivity index (χ4v) is 2.01. The lowest BCUT2D eigenvalue weighted by Crippen LogP contribution is -2.22. The zero-order valence-corrected chi connectivity index (χ0v) is 13.0. The van der Waals surface area contributed by atoms with E-state index in [-0.39, 0.29) is 22.9 Å². The van der Waals surface area contributed by atoms with Crippen molar-refractivity contribution < 1.29 is 13.2 Å². The van der Waals surface area contributed by atoms with E-state index in [1.54, 1.807) is 0 Å². The second-order valence-corrected chi connectivity index (χ2v) is 5.97. The number of hydrogen-bond donors (Lipinski definition) is 2. The third-order valence-corrected chi connectivity index (χ3v) is 3.74. The highest BCUT2D eigenvalue weighted by molar-refractivity contribution is 5.56. The van der Waals surface area contributed by atoms with E-state index in [1.807, 2.05) is 6.92 Å². The van der Waals surface area contributed by atoms with Crippen molar-refractivity contribution in [2.24, 2.45) is 7.05 Å². The summed E-state index contributed by atoms with van der Waals surface area (Å²) in [6.07, 6.45) is -0.933. The number of halogens is 3. The van der Waals surface area contributed by atoms with Crippen LogP contribution in [0.15, 0.2) is 23.3 Å². The normalized spacial score (nSPS) is 15.9. The van der Waals surface area contributed by atoms with E-state index < -0.39 is 11.7 Å². The van der Waals surface area contributed by atoms with Gasteiger partial charge in [-0.15, -0.1) is 0 Å². The van der Waals surface area contributed by atoms with Crippen LogP contribution in [0.3, 0.4) is 0 Å². The van der Waals surface area contributed by atoms with Crippen LogP contribution in [0.4, 0.5) is 30.6 Å². The van der Waals surface area contributed by atoms with Crippen molar-refractivity contribution in [3.63, 3.8) is 0 Å². The lowest BCUT2D eigenvalue weighted by atomic mass is 10.2. The molecule has 0 aromatic carbocycles. The van der Waals surface area contributed by atoms with E-state index in [0.717, 1.165) is 23.7 Å². The molecule has 10 heteroatoms. The fraction of sp³-hybridized carbons (Fsp3) is 0.429. The highest BCUT2D eigenvalue weighted by Gasteiger charge is 2.41. The van der Waals surface area contributed by atoms with E-state index in [4.69, 9.17) is 0 Å². The Morgan fingerprint density at radius 2 is 2.00 bits per heavy atom. The third kappa shape index (κ3) is 3.47. The monoisotopic (exact) mass is 340 g/mol. The van der Waals surface area contributed by atoms with E-state index in [0.29, 0.717) is 5.69 Å². The molecule has 0 amide bonds. The van der Waals surface area contributed by atoms with Gasteiger partial charge in [-0.25, -0.2) is 9.67 Å². The predicted octanol–water partition coefficient (Wildman–Crippen LogP) is 2.30. The van der Waals surface area contributed by atoms with E-state index in [1.165, 1.54) is 19.3 Å². The van der Waals surface area contributed by atoms with E-state index in [9.17, 15) is 18.0 Å². The van der Waals surface area contributed by atoms with Crippen LogP contribution in [0.25, 0.3) is 0 Å². The van der Waals surface area contributed by atoms with Gasteiger partial charge in [-0.05, 0) is 19.8 Å². The lowest BCUT2D eigenvalue weighted by Gasteiger charge is -2.18. The number of nitrogens with one attached hydrogen (secondary N) is 2. The summed E-state index contributed by atoms with van der Waals surface area (Å²) in [4.78, 5) is 19.1. The minimum absolute atomic E-state index is 0.0511. The Morgan fingerprint density at radius 1 is 1.29 bits per heavy atom. The first-order valence-corrected chi connectivity index (χ1v) is 7.19. The topological polar surface area (TPSA) is 84.7 Å². The molecule has 2 aromatic heterocycles. The van der Waals surface area contributed by atoms with Gasteiger partial charge in [0, 0.05) is 24.8 Å². The zero-order valence-electron chi connectivity index (χ0n) is 13.0. The van der Waals surface area contributed by atoms with Gasteiger partial charge < -0.3 is 10.6 Å². The van der Waals surface area contributed by atoms with Gasteiger partial charge in [0.1, 0.15) is 11.4 Å². The van der Waals surface area contributed by atoms with Gasteiger partial charge >= 0.3 is 6.18 Å². The maximum atomic E-state index is 13.1. The largest absolute Gasteiger partial charge is 0.421 e. The number of alkyl halides is 3. The van der Waals surface area contributed by atoms with Crippen LogP contribution in [0.2, 0.25) is 0 Å². The van der Waals surface area contributed by atoms with Gasteiger partial charge in [0.15, 0.2) is 0 Å². The second-order valence-electron chi connectivity index (χ2n) is 5.97. The number of aromatic nitrogens is 4. The molecule has 0 radical (unpaired) electrons. The summed E-state index contributed by atoms with van der Waals surface area (Å²) < 4.78 is 40.4. The molecule has 0 unspecified atom stereocenters. The molecule has 24 heavy (non-hydrogen) atoms. The molecule has 1 aliphatic carbocycles. The van der Waals surface area contributed by atoms with Crippen molar-refractivity contribution >= 4 is 17.5 Å². The summed E-state index contributed by atoms with van der Waals surface area (Å²) >= 11 is 0. The highest BCUT2D eigenvalue weighted by atomic mass is 19.4. The smallest absolute Gasteiger partial charge is 0.364 e. The maximum Gasteiger partial charge on any atom is 0.421 e. The Hall–Kier alpha value is -2.65. The molecule has 0 saturated heterocycles. The molecule has 128 valence electrons. The second kappa shape index (κ2) is 5.46. The molecule has 1 saturated carbocycles. The Morgan fingerprint density at radius 3 is 2.58 bits per heavy atom. The maximum absolute atomic E-state index is 13.1. The standard InChI is InChI=1S/C14H15F3N6O/c1-13(3-4-13)22-11-9(14(15,16)17)7-18-12(21-11)20-8-5-10(24)23(2)19-6-8/h5-7H,3-4H2,1-2H3,(H2,18,20,21,22). The molecule has 7 nitrogen and oxygen atoms in total. The quantitative estimate of drug-likeness (QED) is 0.888. The summed E-state index contributed by atoms with van der Waals surface area (Å²) in [7, 11) is 1.49. The van der Waals surface area contributed by atoms with Crippen LogP contribution in [0.5, 0.6) is 0 Å². The molecular weight excluding hydrogens is 325 g/mol. The van der Waals surface area contributed by atoms with Crippen LogP contribution in [0, 0.1) is 0 Å². The molecule has 2 aromatic rings. The summed E-state index contributed by atoms with van der Waals surface area (Å²) in [6, 6.07) is 1.25. The van der Waals surface area contributed by atoms with Crippen molar-refractivity contribution in [2.75, 3.05) is 10.6 Å². The number of nitrogens with zero attached hydrogens (tertiary/aromatic N) is 4. The van der Waals surface area contributed by atoms with Crippen molar-refractivity contribution in [3.8, 4) is 0 Å². The van der Waals surface area contributed by atoms with Gasteiger partial charge in [0.2, 0.25) is 5.95 Å². The van der Waals surface area contributed by atoms with Gasteiger partial charge in [-0.2, -0.15) is 23.3 Å². The average Bonchev–Trinajstić information content (AvgIpc) is 3.19. The molecule has 3 rings (SSSR count). The van der Waals surface area contributed by atoms with Gasteiger partial charge in [-0.1, -0.05) is 0 Å². The molecule has 0 spiro atoms. The predicted molar refractivity (Wildman–Crippen MR) is 81.1 cm³/mol. The van der Waals surface area contributed by atoms with Crippen LogP contribution < -0.4 is 16.2 Å². The highest BCUT2D eigenvalue weighted by Crippen LogP contribution is 2.41. The summed E-state index contributed by atoms with van der Waals surface area (Å²) in [6.45, 7) is 1.83. The number of aryl methyl sites for hydroxylation is 1. The van der Waals surface area contributed by atoms with Gasteiger partial charge in [0.05, 0.1) is 11.9 Å². The van der Waals surface area contributed by atoms with Crippen molar-refractivity contribution in [1.29, 1.82) is 0 Å². The van der Waals surface area contributed by atoms with Crippen LogP contribution in [-0.2, 0) is 13.2 Å². The molecular formula is C14H15F3N6O. The number of hydrogen-bond acceptors (Lipinski definition) is 6. The first-order valence-electron chi connectivity index (χ1n) is 7.19. The Kier molecular flexibility index (Phi) is 3.69. The Balaban J connectivity index is 1.92. The molecule has 1 fully saturated rings. The molecule has 0 aliphatic heterocycles. The van der Waals surface area contributed by atoms with E-state index >= 15 is 0 Å². The van der Waals surface area contributed by atoms with Crippen molar-refractivity contribution in [1.82, 2.24) is 19.7 Å². The third-order valence-electron chi connectivity index (χ3n) is 3.74. The number of anilines is 3. The minimum Gasteiger partial charge on any atom is -0.364 e. The Labute approximate surface area is 134 Å². The summed E-state index contributed by atoms with van der Waals surface area (Å²) in [5.74, 6) is -0.332. The SMILES string of the molecule is Cn1ncc(Nc2ncc(C(F)(F)F)c(NC3(C)CC3)n2)cc1=O. The van der Waals surface area contributed by atoms with Crippen LogP contribution >= 0.6 is 0 Å². The zero-order chi connectivity index (χ0) is 17.5. The minimum atomic E-state index is -4.56. The summed E-state index contributed by atoms with van der Waals surface area (Å²) in [5, 5.41) is 9.33. The molecule has 1 aliphatic rings. The number of rotatable bonds is 4. The first kappa shape index (κ1) is 16.2. The molecule has 0 atom stereocenters. The van der Waals surface area contributed by atoms with Crippen LogP contribution in [-0.4, -0.2) is 25.3 Å². The van der Waals surface area contributed by atoms with Gasteiger partial charge in [0.25, 0.3) is 5.56 Å². The Bertz CT molecular complexity index is 828. The molecule has 0 bridgehead atoms. The van der Waals surface area contributed by atoms with E-state index in [2.05, 4.69) is 25.7 Å². The average molecular weight is 340 g/mol. The fourth-order valence-electron chi connectivity index (χ4n) is 2.01. The van der Waals surface area contributed by atoms with Gasteiger partial charge in [-0.3, -0.25) is 4.79 Å². The van der Waals surface area contributed by atoms with Crippen LogP contribution in [0.1, 0.15) is 25.3 Å². The molecule has 2 heterocycles.